The Labute approximate surface area is 134 Å². The second-order valence-electron chi connectivity index (χ2n) is 4.79. The fraction of sp³-hybridized carbons (Fsp3) is 0.176. The molecule has 0 amide bonds. The molecule has 0 fully saturated rings. The topological polar surface area (TPSA) is 12.5 Å². The van der Waals surface area contributed by atoms with Gasteiger partial charge in [0.1, 0.15) is 11.5 Å². The van der Waals surface area contributed by atoms with Crippen molar-refractivity contribution < 1.29 is 4.74 Å². The molecule has 0 N–H and O–H groups in total. The summed E-state index contributed by atoms with van der Waals surface area (Å²) in [4.78, 5) is 2.13. The van der Waals surface area contributed by atoms with Gasteiger partial charge in [0, 0.05) is 10.1 Å². The van der Waals surface area contributed by atoms with Crippen LogP contribution in [0.1, 0.15) is 5.56 Å². The van der Waals surface area contributed by atoms with Gasteiger partial charge in [-0.15, -0.1) is 0 Å². The highest BCUT2D eigenvalue weighted by Gasteiger charge is 1.97. The van der Waals surface area contributed by atoms with E-state index >= 15 is 0 Å². The molecular weight excluding hydrogens is 361 g/mol. The van der Waals surface area contributed by atoms with Gasteiger partial charge in [0.15, 0.2) is 0 Å². The zero-order chi connectivity index (χ0) is 14.4. The summed E-state index contributed by atoms with van der Waals surface area (Å²) in [5, 5.41) is 0. The van der Waals surface area contributed by atoms with Crippen LogP contribution in [0.15, 0.2) is 54.6 Å². The van der Waals surface area contributed by atoms with Gasteiger partial charge in [-0.2, -0.15) is 0 Å². The van der Waals surface area contributed by atoms with E-state index in [1.807, 2.05) is 36.4 Å². The van der Waals surface area contributed by atoms with E-state index in [0.717, 1.165) is 18.0 Å². The highest BCUT2D eigenvalue weighted by atomic mass is 127. The molecule has 0 spiro atoms. The molecule has 104 valence electrons. The summed E-state index contributed by atoms with van der Waals surface area (Å²) in [7, 11) is 4.12. The lowest BCUT2D eigenvalue weighted by molar-refractivity contribution is 0.457. The van der Waals surface area contributed by atoms with E-state index < -0.39 is 0 Å². The molecule has 3 heteroatoms. The quantitative estimate of drug-likeness (QED) is 0.701. The Kier molecular flexibility index (Phi) is 5.61. The first-order chi connectivity index (χ1) is 9.63. The predicted octanol–water partition coefficient (Wildman–Crippen LogP) is 4.66. The Morgan fingerprint density at radius 3 is 2.05 bits per heavy atom. The highest BCUT2D eigenvalue weighted by Crippen LogP contribution is 2.22. The van der Waals surface area contributed by atoms with Crippen molar-refractivity contribution in [2.24, 2.45) is 0 Å². The lowest BCUT2D eigenvalue weighted by Crippen LogP contribution is -2.10. The van der Waals surface area contributed by atoms with Crippen LogP contribution in [0, 0.1) is 3.57 Å². The minimum Gasteiger partial charge on any atom is -0.457 e. The molecule has 0 aliphatic rings. The first-order valence-electron chi connectivity index (χ1n) is 6.48. The number of hydrogen-bond acceptors (Lipinski definition) is 2. The maximum absolute atomic E-state index is 5.80. The van der Waals surface area contributed by atoms with Gasteiger partial charge in [-0.1, -0.05) is 24.3 Å². The van der Waals surface area contributed by atoms with E-state index in [9.17, 15) is 0 Å². The predicted molar refractivity (Wildman–Crippen MR) is 93.3 cm³/mol. The summed E-state index contributed by atoms with van der Waals surface area (Å²) in [6.45, 7) is 0.945. The zero-order valence-electron chi connectivity index (χ0n) is 11.7. The van der Waals surface area contributed by atoms with Crippen molar-refractivity contribution in [3.8, 4) is 11.5 Å². The standard InChI is InChI=1S/C17H18INO/c1-19(2)13-3-4-14-5-9-16(10-6-14)20-17-11-7-15(18)8-12-17/h3-12H,13H2,1-2H3/b4-3+. The highest BCUT2D eigenvalue weighted by molar-refractivity contribution is 14.1. The van der Waals surface area contributed by atoms with Gasteiger partial charge in [0.2, 0.25) is 0 Å². The molecule has 0 atom stereocenters. The summed E-state index contributed by atoms with van der Waals surface area (Å²) < 4.78 is 7.00. The van der Waals surface area contributed by atoms with Gasteiger partial charge in [-0.05, 0) is 78.6 Å². The largest absolute Gasteiger partial charge is 0.457 e. The smallest absolute Gasteiger partial charge is 0.127 e. The van der Waals surface area contributed by atoms with Crippen molar-refractivity contribution in [1.29, 1.82) is 0 Å². The van der Waals surface area contributed by atoms with E-state index in [1.165, 1.54) is 9.13 Å². The first-order valence-corrected chi connectivity index (χ1v) is 7.56. The number of hydrogen-bond donors (Lipinski definition) is 0. The molecule has 0 saturated carbocycles. The van der Waals surface area contributed by atoms with Gasteiger partial charge < -0.3 is 9.64 Å². The van der Waals surface area contributed by atoms with Crippen molar-refractivity contribution >= 4 is 28.7 Å². The summed E-state index contributed by atoms with van der Waals surface area (Å²) in [5.41, 5.74) is 1.18. The second kappa shape index (κ2) is 7.45. The van der Waals surface area contributed by atoms with Crippen molar-refractivity contribution in [1.82, 2.24) is 4.90 Å². The Balaban J connectivity index is 1.97. The molecule has 0 aromatic heterocycles. The second-order valence-corrected chi connectivity index (χ2v) is 6.04. The molecule has 0 radical (unpaired) electrons. The van der Waals surface area contributed by atoms with Crippen molar-refractivity contribution in [2.45, 2.75) is 0 Å². The molecule has 0 aliphatic carbocycles. The Hall–Kier alpha value is -1.33. The van der Waals surface area contributed by atoms with Crippen LogP contribution >= 0.6 is 22.6 Å². The van der Waals surface area contributed by atoms with Crippen LogP contribution in [0.4, 0.5) is 0 Å². The molecule has 0 bridgehead atoms. The van der Waals surface area contributed by atoms with Gasteiger partial charge in [0.05, 0.1) is 0 Å². The average Bonchev–Trinajstić information content (AvgIpc) is 2.43. The monoisotopic (exact) mass is 379 g/mol. The van der Waals surface area contributed by atoms with E-state index in [2.05, 4.69) is 65.9 Å². The van der Waals surface area contributed by atoms with Crippen LogP contribution in [0.25, 0.3) is 6.08 Å². The van der Waals surface area contributed by atoms with Crippen molar-refractivity contribution in [3.63, 3.8) is 0 Å². The Morgan fingerprint density at radius 2 is 1.50 bits per heavy atom. The SMILES string of the molecule is CN(C)C/C=C/c1ccc(Oc2ccc(I)cc2)cc1. The third-order valence-corrected chi connectivity index (χ3v) is 3.43. The van der Waals surface area contributed by atoms with Gasteiger partial charge in [-0.25, -0.2) is 0 Å². The normalized spacial score (nSPS) is 11.2. The number of nitrogens with zero attached hydrogens (tertiary/aromatic N) is 1. The minimum atomic E-state index is 0.857. The van der Waals surface area contributed by atoms with E-state index in [1.54, 1.807) is 0 Å². The third-order valence-electron chi connectivity index (χ3n) is 2.71. The van der Waals surface area contributed by atoms with Gasteiger partial charge in [-0.3, -0.25) is 0 Å². The van der Waals surface area contributed by atoms with Gasteiger partial charge >= 0.3 is 0 Å². The van der Waals surface area contributed by atoms with Gasteiger partial charge in [0.25, 0.3) is 0 Å². The number of likely N-dealkylation sites (N-methyl/N-ethyl adjacent to an activating group) is 1. The minimum absolute atomic E-state index is 0.857. The van der Waals surface area contributed by atoms with Crippen LogP contribution in [-0.4, -0.2) is 25.5 Å². The molecule has 0 saturated heterocycles. The molecule has 2 aromatic rings. The lowest BCUT2D eigenvalue weighted by Gasteiger charge is -2.06. The summed E-state index contributed by atoms with van der Waals surface area (Å²) in [6.07, 6.45) is 4.27. The molecule has 0 unspecified atom stereocenters. The Bertz CT molecular complexity index is 559. The number of ether oxygens (including phenoxy) is 1. The fourth-order valence-electron chi connectivity index (χ4n) is 1.69. The maximum atomic E-state index is 5.80. The maximum Gasteiger partial charge on any atom is 0.127 e. The molecule has 20 heavy (non-hydrogen) atoms. The van der Waals surface area contributed by atoms with Crippen LogP contribution in [0.2, 0.25) is 0 Å². The molecule has 0 heterocycles. The van der Waals surface area contributed by atoms with Crippen LogP contribution in [0.3, 0.4) is 0 Å². The fourth-order valence-corrected chi connectivity index (χ4v) is 2.04. The number of rotatable bonds is 5. The lowest BCUT2D eigenvalue weighted by atomic mass is 10.2. The van der Waals surface area contributed by atoms with E-state index in [0.29, 0.717) is 0 Å². The van der Waals surface area contributed by atoms with Crippen molar-refractivity contribution in [2.75, 3.05) is 20.6 Å². The summed E-state index contributed by atoms with van der Waals surface area (Å²) in [5.74, 6) is 1.72. The van der Waals surface area contributed by atoms with Crippen molar-refractivity contribution in [3.05, 3.63) is 63.7 Å². The van der Waals surface area contributed by atoms with E-state index in [4.69, 9.17) is 4.74 Å². The number of halogens is 1. The molecule has 2 nitrogen and oxygen atoms in total. The zero-order valence-corrected chi connectivity index (χ0v) is 13.9. The Morgan fingerprint density at radius 1 is 0.950 bits per heavy atom. The molecule has 0 aliphatic heterocycles. The average molecular weight is 379 g/mol. The van der Waals surface area contributed by atoms with E-state index in [-0.39, 0.29) is 0 Å². The molecular formula is C17H18INO. The number of benzene rings is 2. The summed E-state index contributed by atoms with van der Waals surface area (Å²) in [6, 6.07) is 16.1. The summed E-state index contributed by atoms with van der Waals surface area (Å²) >= 11 is 2.28. The van der Waals surface area contributed by atoms with Crippen LogP contribution < -0.4 is 4.74 Å². The molecule has 2 aromatic carbocycles. The third kappa shape index (κ3) is 4.98. The first kappa shape index (κ1) is 15.1. The molecule has 2 rings (SSSR count). The van der Waals surface area contributed by atoms with Crippen LogP contribution in [0.5, 0.6) is 11.5 Å². The van der Waals surface area contributed by atoms with Crippen LogP contribution in [-0.2, 0) is 0 Å².